The van der Waals surface area contributed by atoms with Gasteiger partial charge in [-0.1, -0.05) is 18.7 Å². The summed E-state index contributed by atoms with van der Waals surface area (Å²) in [4.78, 5) is 13.6. The summed E-state index contributed by atoms with van der Waals surface area (Å²) in [5.41, 5.74) is 1.14. The normalized spacial score (nSPS) is 19.1. The molecule has 0 spiro atoms. The van der Waals surface area contributed by atoms with Gasteiger partial charge in [0.05, 0.1) is 13.2 Å². The van der Waals surface area contributed by atoms with Gasteiger partial charge in [-0.15, -0.1) is 0 Å². The highest BCUT2D eigenvalue weighted by Gasteiger charge is 2.28. The van der Waals surface area contributed by atoms with Gasteiger partial charge in [0, 0.05) is 6.54 Å². The number of nitrogens with zero attached hydrogens (tertiary/aromatic N) is 1. The average molecular weight is 231 g/mol. The highest BCUT2D eigenvalue weighted by Crippen LogP contribution is 2.33. The van der Waals surface area contributed by atoms with E-state index in [1.54, 1.807) is 7.11 Å². The maximum absolute atomic E-state index is 11.7. The molecule has 2 rings (SSSR count). The third-order valence-electron chi connectivity index (χ3n) is 3.19. The Morgan fingerprint density at radius 2 is 2.41 bits per heavy atom. The summed E-state index contributed by atoms with van der Waals surface area (Å²) in [7, 11) is 1.65. The molecule has 1 fully saturated rings. The number of likely N-dealkylation sites (tertiary alicyclic amines) is 1. The van der Waals surface area contributed by atoms with E-state index in [2.05, 4.69) is 6.58 Å². The minimum absolute atomic E-state index is 0.00956. The Bertz CT molecular complexity index is 428. The molecule has 0 radical (unpaired) electrons. The molecule has 3 heteroatoms. The number of ether oxygens (including phenoxy) is 1. The van der Waals surface area contributed by atoms with Crippen molar-refractivity contribution in [3.05, 3.63) is 42.5 Å². The summed E-state index contributed by atoms with van der Waals surface area (Å²) in [6, 6.07) is 8.08. The highest BCUT2D eigenvalue weighted by atomic mass is 16.5. The number of carbonyl (C=O) groups is 1. The molecule has 1 atom stereocenters. The SMILES string of the molecule is C=CC(=O)N1CCCC1c1cccc(OC)c1. The van der Waals surface area contributed by atoms with E-state index in [9.17, 15) is 4.79 Å². The van der Waals surface area contributed by atoms with Gasteiger partial charge in [-0.3, -0.25) is 4.79 Å². The van der Waals surface area contributed by atoms with Crippen LogP contribution in [0.4, 0.5) is 0 Å². The fourth-order valence-electron chi connectivity index (χ4n) is 2.34. The maximum atomic E-state index is 11.7. The summed E-state index contributed by atoms with van der Waals surface area (Å²) >= 11 is 0. The molecular formula is C14H17NO2. The monoisotopic (exact) mass is 231 g/mol. The predicted octanol–water partition coefficient (Wildman–Crippen LogP) is 2.54. The molecule has 0 N–H and O–H groups in total. The Balaban J connectivity index is 2.25. The van der Waals surface area contributed by atoms with E-state index in [-0.39, 0.29) is 11.9 Å². The van der Waals surface area contributed by atoms with Crippen molar-refractivity contribution in [2.24, 2.45) is 0 Å². The summed E-state index contributed by atoms with van der Waals surface area (Å²) in [6.07, 6.45) is 3.44. The molecule has 1 heterocycles. The van der Waals surface area contributed by atoms with Gasteiger partial charge in [0.2, 0.25) is 5.91 Å². The maximum Gasteiger partial charge on any atom is 0.246 e. The second-order valence-electron chi connectivity index (χ2n) is 4.17. The van der Waals surface area contributed by atoms with Crippen molar-refractivity contribution >= 4 is 5.91 Å². The van der Waals surface area contributed by atoms with Crippen LogP contribution in [0.2, 0.25) is 0 Å². The van der Waals surface area contributed by atoms with Crippen molar-refractivity contribution in [3.63, 3.8) is 0 Å². The zero-order valence-corrected chi connectivity index (χ0v) is 10.1. The number of carbonyl (C=O) groups excluding carboxylic acids is 1. The Kier molecular flexibility index (Phi) is 3.47. The zero-order chi connectivity index (χ0) is 12.3. The van der Waals surface area contributed by atoms with Crippen LogP contribution >= 0.6 is 0 Å². The van der Waals surface area contributed by atoms with Crippen molar-refractivity contribution in [3.8, 4) is 5.75 Å². The van der Waals surface area contributed by atoms with Gasteiger partial charge in [-0.05, 0) is 36.6 Å². The fourth-order valence-corrected chi connectivity index (χ4v) is 2.34. The first kappa shape index (κ1) is 11.7. The second-order valence-corrected chi connectivity index (χ2v) is 4.17. The summed E-state index contributed by atoms with van der Waals surface area (Å²) in [6.45, 7) is 4.36. The van der Waals surface area contributed by atoms with E-state index < -0.39 is 0 Å². The van der Waals surface area contributed by atoms with E-state index in [1.165, 1.54) is 6.08 Å². The van der Waals surface area contributed by atoms with Gasteiger partial charge in [0.15, 0.2) is 0 Å². The smallest absolute Gasteiger partial charge is 0.246 e. The quantitative estimate of drug-likeness (QED) is 0.748. The van der Waals surface area contributed by atoms with Crippen LogP contribution in [0.3, 0.4) is 0 Å². The standard InChI is InChI=1S/C14H17NO2/c1-3-14(16)15-9-5-8-13(15)11-6-4-7-12(10-11)17-2/h3-4,6-7,10,13H,1,5,8-9H2,2H3. The molecule has 3 nitrogen and oxygen atoms in total. The first-order valence-corrected chi connectivity index (χ1v) is 5.83. The number of rotatable bonds is 3. The van der Waals surface area contributed by atoms with Crippen LogP contribution in [0.25, 0.3) is 0 Å². The van der Waals surface area contributed by atoms with Gasteiger partial charge in [0.25, 0.3) is 0 Å². The van der Waals surface area contributed by atoms with Gasteiger partial charge >= 0.3 is 0 Å². The molecule has 1 amide bonds. The van der Waals surface area contributed by atoms with Crippen molar-refractivity contribution < 1.29 is 9.53 Å². The molecule has 1 aliphatic rings. The van der Waals surface area contributed by atoms with Crippen LogP contribution < -0.4 is 4.74 Å². The molecule has 90 valence electrons. The molecule has 1 aromatic carbocycles. The van der Waals surface area contributed by atoms with E-state index >= 15 is 0 Å². The lowest BCUT2D eigenvalue weighted by molar-refractivity contribution is -0.126. The molecule has 0 aliphatic carbocycles. The van der Waals surface area contributed by atoms with Crippen LogP contribution in [0.1, 0.15) is 24.4 Å². The van der Waals surface area contributed by atoms with E-state index in [0.717, 1.165) is 30.7 Å². The van der Waals surface area contributed by atoms with Crippen molar-refractivity contribution in [2.45, 2.75) is 18.9 Å². The van der Waals surface area contributed by atoms with Gasteiger partial charge in [-0.25, -0.2) is 0 Å². The lowest BCUT2D eigenvalue weighted by Gasteiger charge is -2.24. The topological polar surface area (TPSA) is 29.5 Å². The van der Waals surface area contributed by atoms with Gasteiger partial charge in [0.1, 0.15) is 5.75 Å². The van der Waals surface area contributed by atoms with Crippen molar-refractivity contribution in [1.29, 1.82) is 0 Å². The number of hydrogen-bond donors (Lipinski definition) is 0. The minimum atomic E-state index is 0.00956. The van der Waals surface area contributed by atoms with Crippen LogP contribution in [0.5, 0.6) is 5.75 Å². The van der Waals surface area contributed by atoms with E-state index in [4.69, 9.17) is 4.74 Å². The van der Waals surface area contributed by atoms with Crippen molar-refractivity contribution in [1.82, 2.24) is 4.90 Å². The molecule has 1 aromatic rings. The summed E-state index contributed by atoms with van der Waals surface area (Å²) < 4.78 is 5.21. The fraction of sp³-hybridized carbons (Fsp3) is 0.357. The third kappa shape index (κ3) is 2.33. The Morgan fingerprint density at radius 3 is 3.12 bits per heavy atom. The highest BCUT2D eigenvalue weighted by molar-refractivity contribution is 5.87. The molecule has 1 aliphatic heterocycles. The Labute approximate surface area is 102 Å². The molecule has 1 saturated heterocycles. The number of amides is 1. The average Bonchev–Trinajstić information content (AvgIpc) is 2.87. The molecule has 0 aromatic heterocycles. The van der Waals surface area contributed by atoms with Gasteiger partial charge in [-0.2, -0.15) is 0 Å². The molecule has 0 saturated carbocycles. The number of benzene rings is 1. The van der Waals surface area contributed by atoms with Crippen LogP contribution in [-0.2, 0) is 4.79 Å². The number of hydrogen-bond acceptors (Lipinski definition) is 2. The lowest BCUT2D eigenvalue weighted by atomic mass is 10.0. The minimum Gasteiger partial charge on any atom is -0.497 e. The first-order chi connectivity index (χ1) is 8.26. The molecule has 0 bridgehead atoms. The van der Waals surface area contributed by atoms with E-state index in [0.29, 0.717) is 0 Å². The number of methoxy groups -OCH3 is 1. The second kappa shape index (κ2) is 5.04. The summed E-state index contributed by atoms with van der Waals surface area (Å²) in [5, 5.41) is 0. The first-order valence-electron chi connectivity index (χ1n) is 5.83. The van der Waals surface area contributed by atoms with Gasteiger partial charge < -0.3 is 9.64 Å². The summed E-state index contributed by atoms with van der Waals surface area (Å²) in [5.74, 6) is 0.843. The largest absolute Gasteiger partial charge is 0.497 e. The van der Waals surface area contributed by atoms with Crippen LogP contribution in [0, 0.1) is 0 Å². The molecular weight excluding hydrogens is 214 g/mol. The van der Waals surface area contributed by atoms with Crippen LogP contribution in [0.15, 0.2) is 36.9 Å². The van der Waals surface area contributed by atoms with E-state index in [1.807, 2.05) is 29.2 Å². The lowest BCUT2D eigenvalue weighted by Crippen LogP contribution is -2.28. The Hall–Kier alpha value is -1.77. The molecule has 17 heavy (non-hydrogen) atoms. The van der Waals surface area contributed by atoms with Crippen molar-refractivity contribution in [2.75, 3.05) is 13.7 Å². The molecule has 1 unspecified atom stereocenters. The predicted molar refractivity (Wildman–Crippen MR) is 66.9 cm³/mol. The zero-order valence-electron chi connectivity index (χ0n) is 10.1. The Morgan fingerprint density at radius 1 is 1.59 bits per heavy atom. The third-order valence-corrected chi connectivity index (χ3v) is 3.19. The van der Waals surface area contributed by atoms with Crippen LogP contribution in [-0.4, -0.2) is 24.5 Å².